The molecule has 1 fully saturated rings. The van der Waals surface area contributed by atoms with Gasteiger partial charge in [0, 0.05) is 29.5 Å². The Morgan fingerprint density at radius 2 is 1.68 bits per heavy atom. The van der Waals surface area contributed by atoms with Crippen LogP contribution in [0.15, 0.2) is 12.2 Å². The van der Waals surface area contributed by atoms with E-state index in [9.17, 15) is 9.59 Å². The molecule has 0 bridgehead atoms. The molecule has 1 aliphatic heterocycles. The molecule has 0 saturated carbocycles. The molecule has 0 unspecified atom stereocenters. The lowest BCUT2D eigenvalue weighted by atomic mass is 9.81. The number of carbonyl (C=O) groups excluding carboxylic acids is 2. The Morgan fingerprint density at radius 3 is 2.11 bits per heavy atom. The third kappa shape index (κ3) is 5.03. The lowest BCUT2D eigenvalue weighted by Gasteiger charge is -2.45. The molecule has 1 aliphatic rings. The van der Waals surface area contributed by atoms with Crippen LogP contribution >= 0.6 is 0 Å². The van der Waals surface area contributed by atoms with Gasteiger partial charge in [0.05, 0.1) is 0 Å². The van der Waals surface area contributed by atoms with Gasteiger partial charge in [-0.05, 0) is 34.6 Å². The van der Waals surface area contributed by atoms with Crippen molar-refractivity contribution in [2.45, 2.75) is 64.6 Å². The van der Waals surface area contributed by atoms with Crippen molar-refractivity contribution < 1.29 is 14.3 Å². The van der Waals surface area contributed by atoms with Gasteiger partial charge in [-0.25, -0.2) is 4.79 Å². The van der Waals surface area contributed by atoms with Gasteiger partial charge >= 0.3 is 6.09 Å². The molecule has 19 heavy (non-hydrogen) atoms. The van der Waals surface area contributed by atoms with E-state index in [0.29, 0.717) is 12.8 Å². The SMILES string of the molecule is C=C(C)C(=O)NC(=O)OC1CC(C)(C)NC(C)(C)C1. The summed E-state index contributed by atoms with van der Waals surface area (Å²) in [6.07, 6.45) is 0.520. The van der Waals surface area contributed by atoms with E-state index >= 15 is 0 Å². The fraction of sp³-hybridized carbons (Fsp3) is 0.714. The summed E-state index contributed by atoms with van der Waals surface area (Å²) in [6, 6.07) is 0. The first kappa shape index (κ1) is 15.7. The van der Waals surface area contributed by atoms with E-state index in [1.165, 1.54) is 0 Å². The average molecular weight is 268 g/mol. The van der Waals surface area contributed by atoms with Gasteiger partial charge in [0.15, 0.2) is 0 Å². The van der Waals surface area contributed by atoms with Gasteiger partial charge in [-0.3, -0.25) is 10.1 Å². The van der Waals surface area contributed by atoms with Crippen molar-refractivity contribution in [2.24, 2.45) is 0 Å². The van der Waals surface area contributed by atoms with Crippen LogP contribution < -0.4 is 10.6 Å². The van der Waals surface area contributed by atoms with Crippen LogP contribution in [0.2, 0.25) is 0 Å². The summed E-state index contributed by atoms with van der Waals surface area (Å²) in [5.41, 5.74) is 0.0683. The fourth-order valence-corrected chi connectivity index (χ4v) is 2.69. The van der Waals surface area contributed by atoms with Gasteiger partial charge in [-0.1, -0.05) is 6.58 Å². The molecule has 108 valence electrons. The molecule has 0 aromatic rings. The summed E-state index contributed by atoms with van der Waals surface area (Å²) in [4.78, 5) is 23.0. The van der Waals surface area contributed by atoms with Crippen LogP contribution in [0.4, 0.5) is 4.79 Å². The minimum atomic E-state index is -0.702. The Bertz CT molecular complexity index is 383. The molecule has 5 heteroatoms. The second-order valence-corrected chi connectivity index (χ2v) is 6.56. The molecular formula is C14H24N2O3. The summed E-state index contributed by atoms with van der Waals surface area (Å²) < 4.78 is 5.33. The largest absolute Gasteiger partial charge is 0.446 e. The highest BCUT2D eigenvalue weighted by atomic mass is 16.6. The molecule has 0 spiro atoms. The van der Waals surface area contributed by atoms with Crippen LogP contribution in [0.1, 0.15) is 47.5 Å². The Balaban J connectivity index is 2.59. The molecule has 0 radical (unpaired) electrons. The molecule has 2 amide bonds. The van der Waals surface area contributed by atoms with E-state index in [-0.39, 0.29) is 22.8 Å². The van der Waals surface area contributed by atoms with Crippen molar-refractivity contribution >= 4 is 12.0 Å². The maximum atomic E-state index is 11.6. The standard InChI is InChI=1S/C14H24N2O3/c1-9(2)11(17)15-12(18)19-10-7-13(3,4)16-14(5,6)8-10/h10,16H,1,7-8H2,2-6H3,(H,15,17,18). The topological polar surface area (TPSA) is 67.4 Å². The summed E-state index contributed by atoms with van der Waals surface area (Å²) in [5, 5.41) is 5.66. The average Bonchev–Trinajstić information content (AvgIpc) is 2.10. The Kier molecular flexibility index (Phi) is 4.40. The molecule has 1 saturated heterocycles. The molecule has 0 aromatic carbocycles. The second kappa shape index (κ2) is 5.33. The number of nitrogens with one attached hydrogen (secondary N) is 2. The van der Waals surface area contributed by atoms with Crippen LogP contribution in [-0.2, 0) is 9.53 Å². The zero-order chi connectivity index (χ0) is 14.8. The van der Waals surface area contributed by atoms with E-state index in [4.69, 9.17) is 4.74 Å². The first-order chi connectivity index (χ1) is 8.51. The van der Waals surface area contributed by atoms with Gasteiger partial charge < -0.3 is 10.1 Å². The van der Waals surface area contributed by atoms with E-state index in [1.54, 1.807) is 6.92 Å². The molecule has 0 aromatic heterocycles. The van der Waals surface area contributed by atoms with E-state index in [1.807, 2.05) is 0 Å². The van der Waals surface area contributed by atoms with Crippen molar-refractivity contribution in [3.63, 3.8) is 0 Å². The fourth-order valence-electron chi connectivity index (χ4n) is 2.69. The molecule has 1 heterocycles. The molecule has 1 rings (SSSR count). The minimum absolute atomic E-state index is 0.106. The second-order valence-electron chi connectivity index (χ2n) is 6.56. The molecule has 0 aliphatic carbocycles. The minimum Gasteiger partial charge on any atom is -0.446 e. The highest BCUT2D eigenvalue weighted by molar-refractivity contribution is 6.01. The zero-order valence-corrected chi connectivity index (χ0v) is 12.4. The van der Waals surface area contributed by atoms with Gasteiger partial charge in [-0.2, -0.15) is 0 Å². The number of alkyl carbamates (subject to hydrolysis) is 1. The van der Waals surface area contributed by atoms with Crippen molar-refractivity contribution in [3.05, 3.63) is 12.2 Å². The number of hydrogen-bond acceptors (Lipinski definition) is 4. The van der Waals surface area contributed by atoms with Crippen molar-refractivity contribution in [1.82, 2.24) is 10.6 Å². The molecule has 5 nitrogen and oxygen atoms in total. The third-order valence-electron chi connectivity index (χ3n) is 3.03. The predicted molar refractivity (Wildman–Crippen MR) is 73.8 cm³/mol. The van der Waals surface area contributed by atoms with Gasteiger partial charge in [0.1, 0.15) is 6.10 Å². The lowest BCUT2D eigenvalue weighted by Crippen LogP contribution is -2.60. The first-order valence-electron chi connectivity index (χ1n) is 6.48. The number of hydrogen-bond donors (Lipinski definition) is 2. The summed E-state index contributed by atoms with van der Waals surface area (Å²) in [5.74, 6) is -0.502. The monoisotopic (exact) mass is 268 g/mol. The summed E-state index contributed by atoms with van der Waals surface area (Å²) in [7, 11) is 0. The van der Waals surface area contributed by atoms with Crippen molar-refractivity contribution in [1.29, 1.82) is 0 Å². The zero-order valence-electron chi connectivity index (χ0n) is 12.4. The number of rotatable bonds is 2. The van der Waals surface area contributed by atoms with E-state index in [2.05, 4.69) is 44.9 Å². The van der Waals surface area contributed by atoms with Crippen molar-refractivity contribution in [2.75, 3.05) is 0 Å². The smallest absolute Gasteiger partial charge is 0.414 e. The number of piperidine rings is 1. The number of amides is 2. The number of carbonyl (C=O) groups is 2. The molecule has 2 N–H and O–H groups in total. The van der Waals surface area contributed by atoms with Crippen LogP contribution in [-0.4, -0.2) is 29.2 Å². The van der Waals surface area contributed by atoms with Crippen LogP contribution in [0, 0.1) is 0 Å². The number of imide groups is 1. The van der Waals surface area contributed by atoms with E-state index < -0.39 is 12.0 Å². The van der Waals surface area contributed by atoms with E-state index in [0.717, 1.165) is 0 Å². The van der Waals surface area contributed by atoms with Gasteiger partial charge in [0.2, 0.25) is 0 Å². The lowest BCUT2D eigenvalue weighted by molar-refractivity contribution is -0.117. The van der Waals surface area contributed by atoms with Gasteiger partial charge in [0.25, 0.3) is 5.91 Å². The summed E-state index contributed by atoms with van der Waals surface area (Å²) in [6.45, 7) is 13.3. The third-order valence-corrected chi connectivity index (χ3v) is 3.03. The Morgan fingerprint density at radius 1 is 1.21 bits per heavy atom. The maximum absolute atomic E-state index is 11.6. The quantitative estimate of drug-likeness (QED) is 0.753. The first-order valence-corrected chi connectivity index (χ1v) is 6.48. The molecule has 0 atom stereocenters. The van der Waals surface area contributed by atoms with Crippen LogP contribution in [0.5, 0.6) is 0 Å². The normalized spacial score (nSPS) is 21.5. The Hall–Kier alpha value is -1.36. The predicted octanol–water partition coefficient (Wildman–Crippen LogP) is 2.12. The highest BCUT2D eigenvalue weighted by Crippen LogP contribution is 2.30. The molecular weight excluding hydrogens is 244 g/mol. The number of ether oxygens (including phenoxy) is 1. The Labute approximate surface area is 114 Å². The maximum Gasteiger partial charge on any atom is 0.414 e. The summed E-state index contributed by atoms with van der Waals surface area (Å²) >= 11 is 0. The van der Waals surface area contributed by atoms with Crippen LogP contribution in [0.25, 0.3) is 0 Å². The van der Waals surface area contributed by atoms with Crippen LogP contribution in [0.3, 0.4) is 0 Å². The van der Waals surface area contributed by atoms with Gasteiger partial charge in [-0.15, -0.1) is 0 Å². The highest BCUT2D eigenvalue weighted by Gasteiger charge is 2.39. The van der Waals surface area contributed by atoms with Crippen molar-refractivity contribution in [3.8, 4) is 0 Å².